The van der Waals surface area contributed by atoms with E-state index in [1.54, 1.807) is 0 Å². The van der Waals surface area contributed by atoms with E-state index in [0.29, 0.717) is 11.6 Å². The zero-order chi connectivity index (χ0) is 9.84. The number of aromatic nitrogens is 1. The van der Waals surface area contributed by atoms with Crippen molar-refractivity contribution in [2.45, 2.75) is 19.6 Å². The van der Waals surface area contributed by atoms with Crippen LogP contribution in [0.2, 0.25) is 0 Å². The Morgan fingerprint density at radius 2 is 2.31 bits per heavy atom. The zero-order valence-corrected chi connectivity index (χ0v) is 8.35. The van der Waals surface area contributed by atoms with Gasteiger partial charge in [0, 0.05) is 0 Å². The minimum Gasteiger partial charge on any atom is -0.481 e. The summed E-state index contributed by atoms with van der Waals surface area (Å²) in [6.07, 6.45) is 0. The lowest BCUT2D eigenvalue weighted by molar-refractivity contribution is -0.133. The highest BCUT2D eigenvalue weighted by atomic mass is 32.2. The molecule has 0 spiro atoms. The van der Waals surface area contributed by atoms with Crippen LogP contribution in [-0.2, 0) is 10.5 Å². The van der Waals surface area contributed by atoms with Gasteiger partial charge >= 0.3 is 5.97 Å². The lowest BCUT2D eigenvalue weighted by atomic mass is 10.4. The van der Waals surface area contributed by atoms with E-state index in [2.05, 4.69) is 4.98 Å². The number of aliphatic carboxylic acids is 1. The molecule has 0 aliphatic heterocycles. The molecule has 0 bridgehead atoms. The Morgan fingerprint density at radius 3 is 2.77 bits per heavy atom. The van der Waals surface area contributed by atoms with Gasteiger partial charge in [0.2, 0.25) is 5.89 Å². The fraction of sp³-hybridized carbons (Fsp3) is 0.500. The third kappa shape index (κ3) is 3.10. The number of hydrogen-bond acceptors (Lipinski definition) is 4. The molecule has 0 saturated heterocycles. The number of thioether (sulfide) groups is 1. The Bertz CT molecular complexity index is 289. The second kappa shape index (κ2) is 4.32. The summed E-state index contributed by atoms with van der Waals surface area (Å²) in [5, 5.41) is 8.38. The number of carboxylic acid groups (broad SMARTS) is 1. The largest absolute Gasteiger partial charge is 0.481 e. The van der Waals surface area contributed by atoms with Crippen LogP contribution >= 0.6 is 11.8 Å². The first kappa shape index (κ1) is 10.1. The zero-order valence-electron chi connectivity index (χ0n) is 7.53. The van der Waals surface area contributed by atoms with E-state index in [0.717, 1.165) is 11.5 Å². The molecule has 13 heavy (non-hydrogen) atoms. The minimum atomic E-state index is -0.815. The number of aryl methyl sites for hydroxylation is 2. The maximum absolute atomic E-state index is 10.2. The van der Waals surface area contributed by atoms with Gasteiger partial charge in [0.1, 0.15) is 5.76 Å². The van der Waals surface area contributed by atoms with Crippen LogP contribution in [0.1, 0.15) is 17.3 Å². The molecule has 72 valence electrons. The lowest BCUT2D eigenvalue weighted by Crippen LogP contribution is -1.98. The molecule has 0 amide bonds. The summed E-state index contributed by atoms with van der Waals surface area (Å²) in [4.78, 5) is 14.3. The molecule has 1 aromatic rings. The predicted molar refractivity (Wildman–Crippen MR) is 49.8 cm³/mol. The second-order valence-corrected chi connectivity index (χ2v) is 3.62. The number of nitrogens with zero attached hydrogens (tertiary/aromatic N) is 1. The molecule has 0 aromatic carbocycles. The summed E-state index contributed by atoms with van der Waals surface area (Å²) in [7, 11) is 0. The third-order valence-corrected chi connectivity index (χ3v) is 2.43. The van der Waals surface area contributed by atoms with E-state index in [-0.39, 0.29) is 5.75 Å². The van der Waals surface area contributed by atoms with Crippen molar-refractivity contribution in [1.82, 2.24) is 4.98 Å². The van der Waals surface area contributed by atoms with Crippen molar-refractivity contribution >= 4 is 17.7 Å². The summed E-state index contributed by atoms with van der Waals surface area (Å²) < 4.78 is 5.27. The molecule has 0 unspecified atom stereocenters. The van der Waals surface area contributed by atoms with Gasteiger partial charge in [-0.25, -0.2) is 4.98 Å². The van der Waals surface area contributed by atoms with Crippen LogP contribution in [-0.4, -0.2) is 21.8 Å². The van der Waals surface area contributed by atoms with Gasteiger partial charge < -0.3 is 9.52 Å². The quantitative estimate of drug-likeness (QED) is 0.801. The monoisotopic (exact) mass is 201 g/mol. The van der Waals surface area contributed by atoms with Crippen molar-refractivity contribution in [1.29, 1.82) is 0 Å². The van der Waals surface area contributed by atoms with Crippen molar-refractivity contribution in [3.05, 3.63) is 17.3 Å². The molecule has 0 aliphatic rings. The van der Waals surface area contributed by atoms with E-state index in [4.69, 9.17) is 9.52 Å². The first-order valence-electron chi connectivity index (χ1n) is 3.82. The molecular formula is C8H11NO3S. The Balaban J connectivity index is 2.41. The van der Waals surface area contributed by atoms with Crippen molar-refractivity contribution in [3.63, 3.8) is 0 Å². The van der Waals surface area contributed by atoms with Gasteiger partial charge in [-0.2, -0.15) is 0 Å². The SMILES string of the molecule is Cc1nc(CSCC(=O)O)oc1C. The molecule has 0 radical (unpaired) electrons. The Labute approximate surface area is 80.3 Å². The van der Waals surface area contributed by atoms with Crippen molar-refractivity contribution in [2.75, 3.05) is 5.75 Å². The third-order valence-electron chi connectivity index (χ3n) is 1.52. The van der Waals surface area contributed by atoms with Crippen LogP contribution in [0.25, 0.3) is 0 Å². The van der Waals surface area contributed by atoms with Crippen molar-refractivity contribution < 1.29 is 14.3 Å². The number of carbonyl (C=O) groups is 1. The normalized spacial score (nSPS) is 10.3. The molecule has 0 saturated carbocycles. The van der Waals surface area contributed by atoms with Gasteiger partial charge in [-0.1, -0.05) is 0 Å². The standard InChI is InChI=1S/C8H11NO3S/c1-5-6(2)12-7(9-5)3-13-4-8(10)11/h3-4H2,1-2H3,(H,10,11). The summed E-state index contributed by atoms with van der Waals surface area (Å²) >= 11 is 1.28. The van der Waals surface area contributed by atoms with Gasteiger partial charge in [-0.15, -0.1) is 11.8 Å². The molecular weight excluding hydrogens is 190 g/mol. The van der Waals surface area contributed by atoms with E-state index >= 15 is 0 Å². The fourth-order valence-electron chi connectivity index (χ4n) is 0.827. The van der Waals surface area contributed by atoms with Crippen LogP contribution in [0, 0.1) is 13.8 Å². The summed E-state index contributed by atoms with van der Waals surface area (Å²) in [6, 6.07) is 0. The highest BCUT2D eigenvalue weighted by Gasteiger charge is 2.06. The number of rotatable bonds is 4. The van der Waals surface area contributed by atoms with Crippen LogP contribution in [0.5, 0.6) is 0 Å². The van der Waals surface area contributed by atoms with Crippen LogP contribution in [0.4, 0.5) is 0 Å². The highest BCUT2D eigenvalue weighted by molar-refractivity contribution is 7.99. The van der Waals surface area contributed by atoms with Gasteiger partial charge in [0.25, 0.3) is 0 Å². The number of carboxylic acids is 1. The van der Waals surface area contributed by atoms with E-state index < -0.39 is 5.97 Å². The second-order valence-electron chi connectivity index (χ2n) is 2.64. The highest BCUT2D eigenvalue weighted by Crippen LogP contribution is 2.14. The van der Waals surface area contributed by atoms with E-state index in [9.17, 15) is 4.79 Å². The van der Waals surface area contributed by atoms with Crippen molar-refractivity contribution in [3.8, 4) is 0 Å². The van der Waals surface area contributed by atoms with Gasteiger partial charge in [0.05, 0.1) is 17.2 Å². The fourth-order valence-corrected chi connectivity index (χ4v) is 1.40. The summed E-state index contributed by atoms with van der Waals surface area (Å²) in [6.45, 7) is 3.71. The van der Waals surface area contributed by atoms with Gasteiger partial charge in [-0.3, -0.25) is 4.79 Å². The van der Waals surface area contributed by atoms with Crippen LogP contribution in [0.3, 0.4) is 0 Å². The number of hydrogen-bond donors (Lipinski definition) is 1. The van der Waals surface area contributed by atoms with Crippen LogP contribution < -0.4 is 0 Å². The van der Waals surface area contributed by atoms with Crippen LogP contribution in [0.15, 0.2) is 4.42 Å². The average molecular weight is 201 g/mol. The maximum atomic E-state index is 10.2. The Morgan fingerprint density at radius 1 is 1.62 bits per heavy atom. The smallest absolute Gasteiger partial charge is 0.313 e. The molecule has 1 aromatic heterocycles. The predicted octanol–water partition coefficient (Wildman–Crippen LogP) is 1.61. The van der Waals surface area contributed by atoms with E-state index in [1.807, 2.05) is 13.8 Å². The van der Waals surface area contributed by atoms with Gasteiger partial charge in [-0.05, 0) is 13.8 Å². The topological polar surface area (TPSA) is 63.3 Å². The molecule has 5 heteroatoms. The molecule has 1 N–H and O–H groups in total. The molecule has 0 fully saturated rings. The summed E-state index contributed by atoms with van der Waals surface area (Å²) in [5.74, 6) is 1.18. The van der Waals surface area contributed by atoms with E-state index in [1.165, 1.54) is 11.8 Å². The molecule has 0 atom stereocenters. The van der Waals surface area contributed by atoms with Gasteiger partial charge in [0.15, 0.2) is 0 Å². The molecule has 4 nitrogen and oxygen atoms in total. The maximum Gasteiger partial charge on any atom is 0.313 e. The average Bonchev–Trinajstić information content (AvgIpc) is 2.30. The van der Waals surface area contributed by atoms with Crippen molar-refractivity contribution in [2.24, 2.45) is 0 Å². The first-order chi connectivity index (χ1) is 6.09. The Hall–Kier alpha value is -0.970. The first-order valence-corrected chi connectivity index (χ1v) is 4.97. The number of oxazole rings is 1. The summed E-state index contributed by atoms with van der Waals surface area (Å²) in [5.41, 5.74) is 0.867. The molecule has 1 rings (SSSR count). The molecule has 0 aliphatic carbocycles. The minimum absolute atomic E-state index is 0.0838. The Kier molecular flexibility index (Phi) is 3.36. The lowest BCUT2D eigenvalue weighted by Gasteiger charge is -1.92. The molecule has 1 heterocycles.